The van der Waals surface area contributed by atoms with Crippen molar-refractivity contribution in [2.45, 2.75) is 57.5 Å². The zero-order valence-corrected chi connectivity index (χ0v) is 20.7. The molecule has 2 amide bonds. The summed E-state index contributed by atoms with van der Waals surface area (Å²) in [5.74, 6) is -3.20. The van der Waals surface area contributed by atoms with Gasteiger partial charge in [0.1, 0.15) is 25.1 Å². The Morgan fingerprint density at radius 3 is 2.73 bits per heavy atom. The Morgan fingerprint density at radius 2 is 2.00 bits per heavy atom. The Balaban J connectivity index is 1.37. The first-order chi connectivity index (χ1) is 17.8. The molecule has 1 aromatic heterocycles. The molecule has 1 aliphatic heterocycles. The number of fused-ring (bicyclic) bond motifs is 3. The van der Waals surface area contributed by atoms with Crippen molar-refractivity contribution in [3.05, 3.63) is 24.2 Å². The predicted molar refractivity (Wildman–Crippen MR) is 126 cm³/mol. The van der Waals surface area contributed by atoms with Gasteiger partial charge in [-0.25, -0.2) is 0 Å². The first-order valence-electron chi connectivity index (χ1n) is 12.7. The molecule has 0 aromatic carbocycles. The maximum Gasteiger partial charge on any atom is 0.307 e. The number of furan rings is 1. The molecule has 204 valence electrons. The average molecular weight is 523 g/mol. The van der Waals surface area contributed by atoms with Crippen molar-refractivity contribution in [3.8, 4) is 0 Å². The van der Waals surface area contributed by atoms with Crippen LogP contribution in [0.5, 0.6) is 0 Å². The minimum atomic E-state index is -1.21. The molecule has 0 unspecified atom stereocenters. The molecule has 12 heteroatoms. The van der Waals surface area contributed by atoms with Gasteiger partial charge in [-0.2, -0.15) is 0 Å². The number of carbonyl (C=O) groups is 3. The van der Waals surface area contributed by atoms with Crippen molar-refractivity contribution in [2.75, 3.05) is 26.4 Å². The number of hydrogen-bond donors (Lipinski definition) is 3. The number of aliphatic hydroxyl groups excluding tert-OH is 3. The standard InChI is InChI=1S/C25H34N2O10/c1-2-35-20(30)7-8-27-24(32)17-6-5-16-18(10-19(29)23(31)21(16)22(17)25(27)33)26-37-12-14(28)11-34-13-15-4-3-9-36-15/h3-4,9,14,16-17,19,21-23,28-29,31H,2,5-8,10-13H2,1H3/t14-,16+,17+,19+,21-,22+,23+/m0/s1. The fourth-order valence-corrected chi connectivity index (χ4v) is 5.64. The summed E-state index contributed by atoms with van der Waals surface area (Å²) in [6.07, 6.45) is -0.959. The van der Waals surface area contributed by atoms with Crippen LogP contribution in [0.25, 0.3) is 0 Å². The zero-order valence-electron chi connectivity index (χ0n) is 20.7. The molecule has 0 radical (unpaired) electrons. The van der Waals surface area contributed by atoms with E-state index in [1.54, 1.807) is 19.1 Å². The second-order valence-corrected chi connectivity index (χ2v) is 9.67. The molecule has 12 nitrogen and oxygen atoms in total. The van der Waals surface area contributed by atoms with Crippen LogP contribution in [0, 0.1) is 23.7 Å². The number of ether oxygens (including phenoxy) is 2. The molecule has 3 N–H and O–H groups in total. The number of oxime groups is 1. The quantitative estimate of drug-likeness (QED) is 0.208. The number of amides is 2. The Hall–Kier alpha value is -2.80. The van der Waals surface area contributed by atoms with Crippen molar-refractivity contribution < 1.29 is 48.4 Å². The van der Waals surface area contributed by atoms with E-state index < -0.39 is 47.9 Å². The molecule has 37 heavy (non-hydrogen) atoms. The Bertz CT molecular complexity index is 980. The van der Waals surface area contributed by atoms with Gasteiger partial charge in [0.15, 0.2) is 0 Å². The summed E-state index contributed by atoms with van der Waals surface area (Å²) in [5.41, 5.74) is 0.482. The van der Waals surface area contributed by atoms with Crippen LogP contribution in [0.1, 0.15) is 38.4 Å². The summed E-state index contributed by atoms with van der Waals surface area (Å²) in [7, 11) is 0. The van der Waals surface area contributed by atoms with Gasteiger partial charge in [-0.15, -0.1) is 0 Å². The van der Waals surface area contributed by atoms with Crippen molar-refractivity contribution in [1.82, 2.24) is 4.90 Å². The molecular weight excluding hydrogens is 488 g/mol. The number of carbonyl (C=O) groups excluding carboxylic acids is 3. The monoisotopic (exact) mass is 522 g/mol. The lowest BCUT2D eigenvalue weighted by atomic mass is 9.60. The van der Waals surface area contributed by atoms with Crippen LogP contribution in [0.4, 0.5) is 0 Å². The Kier molecular flexibility index (Phi) is 8.95. The zero-order chi connectivity index (χ0) is 26.5. The van der Waals surface area contributed by atoms with Gasteiger partial charge >= 0.3 is 5.97 Å². The Labute approximate surface area is 214 Å². The molecule has 3 aliphatic rings. The summed E-state index contributed by atoms with van der Waals surface area (Å²) >= 11 is 0. The molecule has 3 fully saturated rings. The lowest BCUT2D eigenvalue weighted by molar-refractivity contribution is -0.145. The van der Waals surface area contributed by atoms with Gasteiger partial charge in [-0.05, 0) is 31.9 Å². The number of hydrogen-bond acceptors (Lipinski definition) is 11. The van der Waals surface area contributed by atoms with Gasteiger partial charge in [-0.1, -0.05) is 5.16 Å². The summed E-state index contributed by atoms with van der Waals surface area (Å²) in [4.78, 5) is 44.4. The van der Waals surface area contributed by atoms with E-state index in [4.69, 9.17) is 18.7 Å². The maximum atomic E-state index is 13.3. The molecule has 4 rings (SSSR count). The van der Waals surface area contributed by atoms with Crippen LogP contribution in [-0.4, -0.2) is 88.4 Å². The molecule has 1 saturated heterocycles. The normalized spacial score (nSPS) is 31.2. The van der Waals surface area contributed by atoms with Crippen LogP contribution in [0.15, 0.2) is 28.0 Å². The molecule has 2 heterocycles. The summed E-state index contributed by atoms with van der Waals surface area (Å²) in [5, 5.41) is 35.6. The van der Waals surface area contributed by atoms with Gasteiger partial charge < -0.3 is 34.0 Å². The van der Waals surface area contributed by atoms with E-state index in [-0.39, 0.29) is 57.6 Å². The van der Waals surface area contributed by atoms with Gasteiger partial charge in [0, 0.05) is 24.8 Å². The fourth-order valence-electron chi connectivity index (χ4n) is 5.64. The van der Waals surface area contributed by atoms with Crippen molar-refractivity contribution in [2.24, 2.45) is 28.8 Å². The molecule has 2 saturated carbocycles. The van der Waals surface area contributed by atoms with Crippen LogP contribution < -0.4 is 0 Å². The van der Waals surface area contributed by atoms with E-state index in [9.17, 15) is 29.7 Å². The molecule has 2 aliphatic carbocycles. The number of imide groups is 1. The number of rotatable bonds is 11. The SMILES string of the molecule is CCOC(=O)CCN1C(=O)[C@H]2[C@H]3[C@H](O)[C@H](O)CC(=NOC[C@@H](O)COCc4ccco4)[C@H]3CC[C@H]2C1=O. The first-order valence-corrected chi connectivity index (χ1v) is 12.7. The summed E-state index contributed by atoms with van der Waals surface area (Å²) in [6.45, 7) is 1.86. The van der Waals surface area contributed by atoms with Gasteiger partial charge in [0.05, 0.1) is 55.7 Å². The highest BCUT2D eigenvalue weighted by Gasteiger charge is 2.59. The second kappa shape index (κ2) is 12.2. The Morgan fingerprint density at radius 1 is 1.22 bits per heavy atom. The maximum absolute atomic E-state index is 13.3. The van der Waals surface area contributed by atoms with Gasteiger partial charge in [0.25, 0.3) is 0 Å². The molecule has 1 aromatic rings. The third-order valence-corrected chi connectivity index (χ3v) is 7.30. The van der Waals surface area contributed by atoms with Crippen molar-refractivity contribution in [3.63, 3.8) is 0 Å². The van der Waals surface area contributed by atoms with E-state index in [1.165, 1.54) is 6.26 Å². The van der Waals surface area contributed by atoms with Crippen LogP contribution in [0.2, 0.25) is 0 Å². The number of esters is 1. The lowest BCUT2D eigenvalue weighted by Gasteiger charge is -2.45. The topological polar surface area (TPSA) is 168 Å². The van der Waals surface area contributed by atoms with Crippen LogP contribution in [0.3, 0.4) is 0 Å². The predicted octanol–water partition coefficient (Wildman–Crippen LogP) is 0.236. The number of likely N-dealkylation sites (tertiary alicyclic amines) is 1. The minimum absolute atomic E-state index is 0.000940. The van der Waals surface area contributed by atoms with Crippen molar-refractivity contribution >= 4 is 23.5 Å². The molecule has 0 spiro atoms. The number of nitrogens with zero attached hydrogens (tertiary/aromatic N) is 2. The number of aliphatic hydroxyl groups is 3. The largest absolute Gasteiger partial charge is 0.467 e. The summed E-state index contributed by atoms with van der Waals surface area (Å²) in [6, 6.07) is 3.49. The van der Waals surface area contributed by atoms with E-state index in [1.807, 2.05) is 0 Å². The second-order valence-electron chi connectivity index (χ2n) is 9.67. The van der Waals surface area contributed by atoms with Gasteiger partial charge in [-0.3, -0.25) is 19.3 Å². The molecule has 7 atom stereocenters. The van der Waals surface area contributed by atoms with Crippen molar-refractivity contribution in [1.29, 1.82) is 0 Å². The minimum Gasteiger partial charge on any atom is -0.467 e. The van der Waals surface area contributed by atoms with Crippen LogP contribution in [-0.2, 0) is 35.3 Å². The molecule has 0 bridgehead atoms. The van der Waals surface area contributed by atoms with E-state index in [2.05, 4.69) is 5.16 Å². The fraction of sp³-hybridized carbons (Fsp3) is 0.680. The van der Waals surface area contributed by atoms with Crippen LogP contribution >= 0.6 is 0 Å². The lowest BCUT2D eigenvalue weighted by Crippen LogP contribution is -2.54. The highest BCUT2D eigenvalue weighted by atomic mass is 16.6. The highest BCUT2D eigenvalue weighted by Crippen LogP contribution is 2.49. The van der Waals surface area contributed by atoms with Gasteiger partial charge in [0.2, 0.25) is 11.8 Å². The smallest absolute Gasteiger partial charge is 0.307 e. The summed E-state index contributed by atoms with van der Waals surface area (Å²) < 4.78 is 15.4. The van der Waals surface area contributed by atoms with E-state index >= 15 is 0 Å². The average Bonchev–Trinajstić information content (AvgIpc) is 3.47. The molecular formula is C25H34N2O10. The third kappa shape index (κ3) is 6.03. The van der Waals surface area contributed by atoms with E-state index in [0.717, 1.165) is 4.90 Å². The highest BCUT2D eigenvalue weighted by molar-refractivity contribution is 6.06. The first kappa shape index (κ1) is 27.2. The van der Waals surface area contributed by atoms with E-state index in [0.29, 0.717) is 24.3 Å². The third-order valence-electron chi connectivity index (χ3n) is 7.30.